The van der Waals surface area contributed by atoms with Gasteiger partial charge in [0, 0.05) is 0 Å². The highest BCUT2D eigenvalue weighted by molar-refractivity contribution is 4.65. The molecule has 3 atom stereocenters. The Kier molecular flexibility index (Phi) is 9.12. The summed E-state index contributed by atoms with van der Waals surface area (Å²) in [4.78, 5) is 0. The van der Waals surface area contributed by atoms with Crippen molar-refractivity contribution in [3.8, 4) is 0 Å². The van der Waals surface area contributed by atoms with Gasteiger partial charge in [0.2, 0.25) is 0 Å². The maximum Gasteiger partial charge on any atom is 0.0745 e. The summed E-state index contributed by atoms with van der Waals surface area (Å²) in [5, 5.41) is 9.17. The molecule has 2 heteroatoms. The second-order valence-electron chi connectivity index (χ2n) is 4.51. The fraction of sp³-hybridized carbons (Fsp3) is 1.00. The van der Waals surface area contributed by atoms with Crippen molar-refractivity contribution in [3.05, 3.63) is 0 Å². The second-order valence-corrected chi connectivity index (χ2v) is 4.51. The molecule has 0 saturated heterocycles. The van der Waals surface area contributed by atoms with Gasteiger partial charge in [0.05, 0.1) is 18.8 Å². The van der Waals surface area contributed by atoms with E-state index in [1.807, 2.05) is 0 Å². The van der Waals surface area contributed by atoms with Crippen LogP contribution in [0.5, 0.6) is 0 Å². The molecule has 0 spiro atoms. The molecule has 2 nitrogen and oxygen atoms in total. The number of ether oxygens (including phenoxy) is 1. The quantitative estimate of drug-likeness (QED) is 0.640. The Balaban J connectivity index is 3.83. The summed E-state index contributed by atoms with van der Waals surface area (Å²) < 4.78 is 5.68. The third kappa shape index (κ3) is 7.80. The van der Waals surface area contributed by atoms with Gasteiger partial charge in [-0.15, -0.1) is 0 Å². The Hall–Kier alpha value is -0.0800. The Morgan fingerprint density at radius 3 is 2.20 bits per heavy atom. The average molecular weight is 216 g/mol. The first-order valence-electron chi connectivity index (χ1n) is 6.43. The van der Waals surface area contributed by atoms with Crippen molar-refractivity contribution in [1.82, 2.24) is 0 Å². The third-order valence-electron chi connectivity index (χ3n) is 2.90. The molecule has 0 radical (unpaired) electrons. The lowest BCUT2D eigenvalue weighted by Gasteiger charge is -2.22. The van der Waals surface area contributed by atoms with E-state index in [0.29, 0.717) is 12.7 Å². The van der Waals surface area contributed by atoms with E-state index in [4.69, 9.17) is 9.84 Å². The first-order chi connectivity index (χ1) is 7.13. The molecule has 0 aromatic heterocycles. The lowest BCUT2D eigenvalue weighted by Crippen LogP contribution is -2.21. The van der Waals surface area contributed by atoms with Gasteiger partial charge in [-0.1, -0.05) is 40.0 Å². The number of aliphatic hydroxyl groups is 1. The molecule has 0 saturated carbocycles. The van der Waals surface area contributed by atoms with E-state index < -0.39 is 0 Å². The topological polar surface area (TPSA) is 29.5 Å². The molecule has 15 heavy (non-hydrogen) atoms. The van der Waals surface area contributed by atoms with Gasteiger partial charge in [-0.05, 0) is 25.7 Å². The largest absolute Gasteiger partial charge is 0.391 e. The zero-order valence-corrected chi connectivity index (χ0v) is 10.8. The van der Waals surface area contributed by atoms with Gasteiger partial charge in [-0.25, -0.2) is 0 Å². The van der Waals surface area contributed by atoms with E-state index >= 15 is 0 Å². The first kappa shape index (κ1) is 14.9. The minimum atomic E-state index is -0.342. The maximum absolute atomic E-state index is 9.17. The highest BCUT2D eigenvalue weighted by atomic mass is 16.5. The third-order valence-corrected chi connectivity index (χ3v) is 2.90. The lowest BCUT2D eigenvalue weighted by molar-refractivity contribution is -0.0152. The zero-order chi connectivity index (χ0) is 11.7. The van der Waals surface area contributed by atoms with E-state index in [9.17, 15) is 0 Å². The fourth-order valence-electron chi connectivity index (χ4n) is 1.90. The lowest BCUT2D eigenvalue weighted by atomic mass is 9.93. The molecule has 0 fully saturated rings. The van der Waals surface area contributed by atoms with Crippen molar-refractivity contribution in [3.63, 3.8) is 0 Å². The molecule has 0 aromatic carbocycles. The summed E-state index contributed by atoms with van der Waals surface area (Å²) in [6, 6.07) is 0. The highest BCUT2D eigenvalue weighted by Gasteiger charge is 2.14. The van der Waals surface area contributed by atoms with E-state index in [1.165, 1.54) is 19.3 Å². The normalized spacial score (nSPS) is 17.4. The predicted molar refractivity (Wildman–Crippen MR) is 65.0 cm³/mol. The van der Waals surface area contributed by atoms with Gasteiger partial charge < -0.3 is 9.84 Å². The summed E-state index contributed by atoms with van der Waals surface area (Å²) >= 11 is 0. The van der Waals surface area contributed by atoms with Crippen LogP contribution in [0.25, 0.3) is 0 Å². The molecule has 0 bridgehead atoms. The van der Waals surface area contributed by atoms with Crippen molar-refractivity contribution < 1.29 is 9.84 Å². The minimum Gasteiger partial charge on any atom is -0.391 e. The van der Waals surface area contributed by atoms with E-state index in [-0.39, 0.29) is 6.10 Å². The van der Waals surface area contributed by atoms with Crippen LogP contribution in [0, 0.1) is 5.92 Å². The van der Waals surface area contributed by atoms with Crippen LogP contribution < -0.4 is 0 Å². The molecular formula is C13H28O2. The Bertz CT molecular complexity index is 134. The van der Waals surface area contributed by atoms with Gasteiger partial charge in [0.1, 0.15) is 0 Å². The second kappa shape index (κ2) is 9.17. The average Bonchev–Trinajstić information content (AvgIpc) is 2.22. The molecule has 0 amide bonds. The van der Waals surface area contributed by atoms with Gasteiger partial charge >= 0.3 is 0 Å². The van der Waals surface area contributed by atoms with E-state index in [1.54, 1.807) is 6.92 Å². The van der Waals surface area contributed by atoms with Gasteiger partial charge in [0.25, 0.3) is 0 Å². The molecule has 0 aliphatic rings. The van der Waals surface area contributed by atoms with Gasteiger partial charge in [-0.2, -0.15) is 0 Å². The van der Waals surface area contributed by atoms with Crippen LogP contribution in [0.4, 0.5) is 0 Å². The maximum atomic E-state index is 9.17. The summed E-state index contributed by atoms with van der Waals surface area (Å²) in [7, 11) is 0. The molecule has 0 aliphatic carbocycles. The number of aliphatic hydroxyl groups excluding tert-OH is 1. The molecule has 1 N–H and O–H groups in total. The summed E-state index contributed by atoms with van der Waals surface area (Å²) in [5.74, 6) is 0.786. The Morgan fingerprint density at radius 2 is 1.80 bits per heavy atom. The summed E-state index contributed by atoms with van der Waals surface area (Å²) in [6.07, 6.45) is 5.97. The van der Waals surface area contributed by atoms with Crippen LogP contribution in [-0.4, -0.2) is 23.9 Å². The molecule has 0 rings (SSSR count). The van der Waals surface area contributed by atoms with Crippen LogP contribution >= 0.6 is 0 Å². The predicted octanol–water partition coefficient (Wildman–Crippen LogP) is 3.38. The Labute approximate surface area is 95.0 Å². The number of hydrogen-bond acceptors (Lipinski definition) is 2. The standard InChI is InChI=1S/C13H28O2/c1-5-8-12(6-2)9-13(7-3)15-10-11(4)14/h11-14H,5-10H2,1-4H3. The zero-order valence-electron chi connectivity index (χ0n) is 10.8. The van der Waals surface area contributed by atoms with Crippen molar-refractivity contribution >= 4 is 0 Å². The molecule has 0 heterocycles. The van der Waals surface area contributed by atoms with E-state index in [0.717, 1.165) is 18.8 Å². The summed E-state index contributed by atoms with van der Waals surface area (Å²) in [5.41, 5.74) is 0. The fourth-order valence-corrected chi connectivity index (χ4v) is 1.90. The molecule has 0 aliphatic heterocycles. The van der Waals surface area contributed by atoms with Crippen molar-refractivity contribution in [1.29, 1.82) is 0 Å². The molecule has 92 valence electrons. The monoisotopic (exact) mass is 216 g/mol. The summed E-state index contributed by atoms with van der Waals surface area (Å²) in [6.45, 7) is 8.89. The van der Waals surface area contributed by atoms with Crippen molar-refractivity contribution in [2.24, 2.45) is 5.92 Å². The smallest absolute Gasteiger partial charge is 0.0745 e. The van der Waals surface area contributed by atoms with Crippen molar-refractivity contribution in [2.75, 3.05) is 6.61 Å². The molecule has 3 unspecified atom stereocenters. The van der Waals surface area contributed by atoms with Crippen molar-refractivity contribution in [2.45, 2.75) is 72.0 Å². The van der Waals surface area contributed by atoms with Crippen LogP contribution in [-0.2, 0) is 4.74 Å². The molecule has 0 aromatic rings. The number of hydrogen-bond donors (Lipinski definition) is 1. The first-order valence-corrected chi connectivity index (χ1v) is 6.43. The molecular weight excluding hydrogens is 188 g/mol. The minimum absolute atomic E-state index is 0.330. The number of rotatable bonds is 9. The SMILES string of the molecule is CCCC(CC)CC(CC)OCC(C)O. The van der Waals surface area contributed by atoms with E-state index in [2.05, 4.69) is 20.8 Å². The highest BCUT2D eigenvalue weighted by Crippen LogP contribution is 2.20. The van der Waals surface area contributed by atoms with Crippen LogP contribution in [0.1, 0.15) is 59.8 Å². The van der Waals surface area contributed by atoms with Crippen LogP contribution in [0.2, 0.25) is 0 Å². The van der Waals surface area contributed by atoms with Gasteiger partial charge in [0.15, 0.2) is 0 Å². The Morgan fingerprint density at radius 1 is 1.13 bits per heavy atom. The van der Waals surface area contributed by atoms with Crippen LogP contribution in [0.3, 0.4) is 0 Å². The van der Waals surface area contributed by atoms with Gasteiger partial charge in [-0.3, -0.25) is 0 Å². The van der Waals surface area contributed by atoms with Crippen LogP contribution in [0.15, 0.2) is 0 Å².